The van der Waals surface area contributed by atoms with Crippen molar-refractivity contribution in [3.05, 3.63) is 35.1 Å². The van der Waals surface area contributed by atoms with Crippen molar-refractivity contribution in [2.45, 2.75) is 19.4 Å². The maximum Gasteiger partial charge on any atom is 0.235 e. The second kappa shape index (κ2) is 4.04. The first kappa shape index (κ1) is 11.1. The van der Waals surface area contributed by atoms with Crippen LogP contribution in [0.5, 0.6) is 0 Å². The Kier molecular flexibility index (Phi) is 2.99. The van der Waals surface area contributed by atoms with E-state index in [1.54, 1.807) is 19.9 Å². The average molecular weight is 204 g/mol. The largest absolute Gasteiger partial charge is 0.235 e. The van der Waals surface area contributed by atoms with Gasteiger partial charge in [0.2, 0.25) is 6.08 Å². The van der Waals surface area contributed by atoms with Crippen LogP contribution in [-0.4, -0.2) is 6.08 Å². The van der Waals surface area contributed by atoms with E-state index in [4.69, 9.17) is 5.26 Å². The van der Waals surface area contributed by atoms with Gasteiger partial charge in [-0.2, -0.15) is 10.3 Å². The second-order valence-electron chi connectivity index (χ2n) is 3.57. The third kappa shape index (κ3) is 2.28. The van der Waals surface area contributed by atoms with Crippen molar-refractivity contribution in [2.24, 2.45) is 4.99 Å². The third-order valence-corrected chi connectivity index (χ3v) is 2.12. The van der Waals surface area contributed by atoms with E-state index < -0.39 is 11.4 Å². The molecule has 76 valence electrons. The molecule has 0 aliphatic carbocycles. The summed E-state index contributed by atoms with van der Waals surface area (Å²) >= 11 is 0. The minimum Gasteiger partial charge on any atom is -0.211 e. The molecule has 0 amide bonds. The minimum atomic E-state index is -0.791. The van der Waals surface area contributed by atoms with Crippen molar-refractivity contribution in [1.29, 1.82) is 5.26 Å². The van der Waals surface area contributed by atoms with Gasteiger partial charge in [-0.3, -0.25) is 0 Å². The molecule has 1 rings (SSSR count). The molecule has 0 saturated heterocycles. The molecule has 0 radical (unpaired) electrons. The van der Waals surface area contributed by atoms with E-state index in [1.807, 2.05) is 0 Å². The van der Waals surface area contributed by atoms with Crippen LogP contribution in [0.25, 0.3) is 0 Å². The fraction of sp³-hybridized carbons (Fsp3) is 0.273. The van der Waals surface area contributed by atoms with E-state index in [9.17, 15) is 9.18 Å². The zero-order valence-corrected chi connectivity index (χ0v) is 8.41. The number of hydrogen-bond donors (Lipinski definition) is 0. The van der Waals surface area contributed by atoms with Gasteiger partial charge < -0.3 is 0 Å². The Balaban J connectivity index is 3.29. The van der Waals surface area contributed by atoms with Crippen LogP contribution in [-0.2, 0) is 10.3 Å². The number of halogens is 1. The van der Waals surface area contributed by atoms with Gasteiger partial charge in [-0.05, 0) is 31.5 Å². The first-order valence-corrected chi connectivity index (χ1v) is 4.30. The van der Waals surface area contributed by atoms with E-state index in [0.29, 0.717) is 5.56 Å². The summed E-state index contributed by atoms with van der Waals surface area (Å²) in [4.78, 5) is 13.8. The standard InChI is InChI=1S/C11H9FN2O/c1-11(2,14-7-15)9-3-4-10(12)8(5-9)6-13/h3-5H,1-2H3. The summed E-state index contributed by atoms with van der Waals surface area (Å²) in [5, 5.41) is 8.64. The summed E-state index contributed by atoms with van der Waals surface area (Å²) in [6.45, 7) is 3.37. The van der Waals surface area contributed by atoms with Gasteiger partial charge in [0.15, 0.2) is 0 Å². The zero-order valence-electron chi connectivity index (χ0n) is 8.41. The van der Waals surface area contributed by atoms with E-state index in [-0.39, 0.29) is 5.56 Å². The lowest BCUT2D eigenvalue weighted by Crippen LogP contribution is -2.13. The van der Waals surface area contributed by atoms with Crippen LogP contribution in [0.4, 0.5) is 4.39 Å². The van der Waals surface area contributed by atoms with Crippen LogP contribution in [0, 0.1) is 17.1 Å². The fourth-order valence-electron chi connectivity index (χ4n) is 1.17. The molecule has 4 heteroatoms. The van der Waals surface area contributed by atoms with Crippen molar-refractivity contribution in [3.8, 4) is 6.07 Å². The molecular weight excluding hydrogens is 195 g/mol. The molecule has 0 N–H and O–H groups in total. The molecule has 0 aromatic heterocycles. The molecule has 0 atom stereocenters. The Morgan fingerprint density at radius 2 is 2.13 bits per heavy atom. The van der Waals surface area contributed by atoms with Gasteiger partial charge in [-0.1, -0.05) is 6.07 Å². The number of benzene rings is 1. The Morgan fingerprint density at radius 3 is 2.67 bits per heavy atom. The van der Waals surface area contributed by atoms with Gasteiger partial charge in [-0.15, -0.1) is 0 Å². The molecule has 0 heterocycles. The van der Waals surface area contributed by atoms with Crippen molar-refractivity contribution in [3.63, 3.8) is 0 Å². The highest BCUT2D eigenvalue weighted by atomic mass is 19.1. The van der Waals surface area contributed by atoms with Crippen LogP contribution in [0.1, 0.15) is 25.0 Å². The van der Waals surface area contributed by atoms with Crippen LogP contribution in [0.15, 0.2) is 23.2 Å². The number of aliphatic imine (C=N–C) groups is 1. The SMILES string of the molecule is CC(C)(N=C=O)c1ccc(F)c(C#N)c1. The van der Waals surface area contributed by atoms with Crippen LogP contribution in [0.3, 0.4) is 0 Å². The normalized spacial score (nSPS) is 10.3. The first-order chi connectivity index (χ1) is 7.01. The van der Waals surface area contributed by atoms with E-state index >= 15 is 0 Å². The van der Waals surface area contributed by atoms with Crippen molar-refractivity contribution < 1.29 is 9.18 Å². The molecule has 1 aromatic carbocycles. The Hall–Kier alpha value is -1.98. The number of rotatable bonds is 2. The monoisotopic (exact) mass is 204 g/mol. The van der Waals surface area contributed by atoms with Gasteiger partial charge in [0.05, 0.1) is 11.1 Å². The summed E-state index contributed by atoms with van der Waals surface area (Å²) < 4.78 is 13.0. The van der Waals surface area contributed by atoms with Crippen LogP contribution in [0.2, 0.25) is 0 Å². The van der Waals surface area contributed by atoms with Crippen LogP contribution < -0.4 is 0 Å². The lowest BCUT2D eigenvalue weighted by molar-refractivity contribution is 0.521. The van der Waals surface area contributed by atoms with Crippen molar-refractivity contribution in [2.75, 3.05) is 0 Å². The lowest BCUT2D eigenvalue weighted by Gasteiger charge is -2.17. The maximum absolute atomic E-state index is 13.0. The first-order valence-electron chi connectivity index (χ1n) is 4.30. The van der Waals surface area contributed by atoms with E-state index in [1.165, 1.54) is 24.3 Å². The van der Waals surface area contributed by atoms with Gasteiger partial charge >= 0.3 is 0 Å². The summed E-state index contributed by atoms with van der Waals surface area (Å²) in [5.74, 6) is -0.577. The quantitative estimate of drug-likeness (QED) is 0.548. The predicted octanol–water partition coefficient (Wildman–Crippen LogP) is 2.27. The van der Waals surface area contributed by atoms with E-state index in [0.717, 1.165) is 0 Å². The number of isocyanates is 1. The Morgan fingerprint density at radius 1 is 1.47 bits per heavy atom. The molecule has 0 bridgehead atoms. The average Bonchev–Trinajstić information content (AvgIpc) is 2.18. The van der Waals surface area contributed by atoms with Gasteiger partial charge in [0.25, 0.3) is 0 Å². The number of nitriles is 1. The third-order valence-electron chi connectivity index (χ3n) is 2.12. The molecule has 1 aromatic rings. The minimum absolute atomic E-state index is 0.0540. The maximum atomic E-state index is 13.0. The molecule has 3 nitrogen and oxygen atoms in total. The highest BCUT2D eigenvalue weighted by molar-refractivity contribution is 5.41. The summed E-state index contributed by atoms with van der Waals surface area (Å²) in [5.41, 5.74) is -0.244. The highest BCUT2D eigenvalue weighted by Gasteiger charge is 2.20. The molecule has 0 saturated carbocycles. The van der Waals surface area contributed by atoms with Gasteiger partial charge in [0, 0.05) is 0 Å². The van der Waals surface area contributed by atoms with Gasteiger partial charge in [-0.25, -0.2) is 9.18 Å². The van der Waals surface area contributed by atoms with Crippen LogP contribution >= 0.6 is 0 Å². The molecule has 0 fully saturated rings. The molecular formula is C11H9FN2O. The van der Waals surface area contributed by atoms with Gasteiger partial charge in [0.1, 0.15) is 11.9 Å². The molecule has 15 heavy (non-hydrogen) atoms. The molecule has 0 unspecified atom stereocenters. The summed E-state index contributed by atoms with van der Waals surface area (Å²) in [6, 6.07) is 5.81. The Labute approximate surface area is 86.9 Å². The van der Waals surface area contributed by atoms with Crippen molar-refractivity contribution >= 4 is 6.08 Å². The zero-order chi connectivity index (χ0) is 11.5. The van der Waals surface area contributed by atoms with E-state index in [2.05, 4.69) is 4.99 Å². The number of hydrogen-bond acceptors (Lipinski definition) is 3. The summed E-state index contributed by atoms with van der Waals surface area (Å²) in [7, 11) is 0. The van der Waals surface area contributed by atoms with Crippen molar-refractivity contribution in [1.82, 2.24) is 0 Å². The highest BCUT2D eigenvalue weighted by Crippen LogP contribution is 2.25. The second-order valence-corrected chi connectivity index (χ2v) is 3.57. The molecule has 0 aliphatic rings. The Bertz CT molecular complexity index is 468. The lowest BCUT2D eigenvalue weighted by atomic mass is 9.94. The smallest absolute Gasteiger partial charge is 0.211 e. The number of nitrogens with zero attached hydrogens (tertiary/aromatic N) is 2. The topological polar surface area (TPSA) is 53.2 Å². The number of carbonyl (C=O) groups excluding carboxylic acids is 1. The molecule has 0 spiro atoms. The molecule has 0 aliphatic heterocycles. The predicted molar refractivity (Wildman–Crippen MR) is 52.3 cm³/mol. The summed E-state index contributed by atoms with van der Waals surface area (Å²) in [6.07, 6.45) is 1.46. The fourth-order valence-corrected chi connectivity index (χ4v) is 1.17.